The average molecular weight is 311 g/mol. The molecule has 1 amide bonds. The summed E-state index contributed by atoms with van der Waals surface area (Å²) < 4.78 is 14.3. The topological polar surface area (TPSA) is 80.9 Å². The Hall–Kier alpha value is -2.02. The lowest BCUT2D eigenvalue weighted by molar-refractivity contribution is 0.102. The van der Waals surface area contributed by atoms with Gasteiger partial charge in [-0.05, 0) is 28.1 Å². The molecule has 0 aromatic carbocycles. The van der Waals surface area contributed by atoms with Gasteiger partial charge >= 0.3 is 0 Å². The number of nitrogens with zero attached hydrogens (tertiary/aromatic N) is 2. The number of anilines is 2. The molecule has 0 spiro atoms. The fourth-order valence-corrected chi connectivity index (χ4v) is 1.68. The van der Waals surface area contributed by atoms with Crippen molar-refractivity contribution >= 4 is 33.3 Å². The second kappa shape index (κ2) is 5.09. The van der Waals surface area contributed by atoms with Crippen molar-refractivity contribution in [2.24, 2.45) is 0 Å². The second-order valence-corrected chi connectivity index (χ2v) is 4.32. The average Bonchev–Trinajstić information content (AvgIpc) is 2.32. The van der Waals surface area contributed by atoms with Gasteiger partial charge < -0.3 is 11.1 Å². The first-order valence-electron chi connectivity index (χ1n) is 4.90. The van der Waals surface area contributed by atoms with E-state index in [9.17, 15) is 9.18 Å². The smallest absolute Gasteiger partial charge is 0.258 e. The van der Waals surface area contributed by atoms with Crippen LogP contribution < -0.4 is 11.1 Å². The quantitative estimate of drug-likeness (QED) is 0.891. The van der Waals surface area contributed by atoms with E-state index in [1.165, 1.54) is 18.5 Å². The number of amides is 1. The number of hydrogen-bond donors (Lipinski definition) is 2. The number of nitrogens with two attached hydrogens (primary N) is 1. The van der Waals surface area contributed by atoms with Crippen molar-refractivity contribution in [3.8, 4) is 0 Å². The van der Waals surface area contributed by atoms with Gasteiger partial charge in [0.2, 0.25) is 0 Å². The van der Waals surface area contributed by atoms with Gasteiger partial charge in [0.1, 0.15) is 0 Å². The predicted octanol–water partition coefficient (Wildman–Crippen LogP) is 2.21. The molecule has 0 atom stereocenters. The SMILES string of the molecule is Nc1nccc(C(=O)Nc2cncc(Br)c2)c1F. The lowest BCUT2D eigenvalue weighted by atomic mass is 10.2. The maximum absolute atomic E-state index is 13.6. The van der Waals surface area contributed by atoms with Crippen LogP contribution in [0.15, 0.2) is 35.2 Å². The van der Waals surface area contributed by atoms with Crippen LogP contribution >= 0.6 is 15.9 Å². The summed E-state index contributed by atoms with van der Waals surface area (Å²) >= 11 is 3.22. The number of halogens is 2. The highest BCUT2D eigenvalue weighted by atomic mass is 79.9. The Morgan fingerprint density at radius 2 is 2.22 bits per heavy atom. The Balaban J connectivity index is 2.25. The van der Waals surface area contributed by atoms with Crippen LogP contribution in [0, 0.1) is 5.82 Å². The monoisotopic (exact) mass is 310 g/mol. The van der Waals surface area contributed by atoms with Gasteiger partial charge in [-0.3, -0.25) is 9.78 Å². The van der Waals surface area contributed by atoms with E-state index in [0.717, 1.165) is 0 Å². The van der Waals surface area contributed by atoms with Crippen molar-refractivity contribution in [3.63, 3.8) is 0 Å². The van der Waals surface area contributed by atoms with Crippen molar-refractivity contribution in [3.05, 3.63) is 46.6 Å². The van der Waals surface area contributed by atoms with Crippen LogP contribution in [0.1, 0.15) is 10.4 Å². The van der Waals surface area contributed by atoms with E-state index < -0.39 is 11.7 Å². The first-order chi connectivity index (χ1) is 8.58. The molecule has 0 bridgehead atoms. The van der Waals surface area contributed by atoms with Gasteiger partial charge in [0, 0.05) is 16.9 Å². The number of carbonyl (C=O) groups excluding carboxylic acids is 1. The Labute approximate surface area is 110 Å². The number of carbonyl (C=O) groups is 1. The van der Waals surface area contributed by atoms with Crippen LogP contribution in [-0.2, 0) is 0 Å². The molecular formula is C11H8BrFN4O. The molecule has 0 aliphatic rings. The van der Waals surface area contributed by atoms with Crippen molar-refractivity contribution in [1.29, 1.82) is 0 Å². The highest BCUT2D eigenvalue weighted by Crippen LogP contribution is 2.17. The zero-order valence-corrected chi connectivity index (χ0v) is 10.6. The molecule has 0 aliphatic carbocycles. The van der Waals surface area contributed by atoms with E-state index in [2.05, 4.69) is 31.2 Å². The summed E-state index contributed by atoms with van der Waals surface area (Å²) in [6.45, 7) is 0. The number of nitrogens with one attached hydrogen (secondary N) is 1. The van der Waals surface area contributed by atoms with Crippen LogP contribution in [0.4, 0.5) is 15.9 Å². The van der Waals surface area contributed by atoms with E-state index in [-0.39, 0.29) is 11.4 Å². The second-order valence-electron chi connectivity index (χ2n) is 3.40. The summed E-state index contributed by atoms with van der Waals surface area (Å²) in [5.74, 6) is -1.76. The summed E-state index contributed by atoms with van der Waals surface area (Å²) in [7, 11) is 0. The Morgan fingerprint density at radius 3 is 2.94 bits per heavy atom. The molecule has 0 saturated heterocycles. The minimum absolute atomic E-state index is 0.164. The molecule has 0 unspecified atom stereocenters. The van der Waals surface area contributed by atoms with Crippen molar-refractivity contribution in [1.82, 2.24) is 9.97 Å². The van der Waals surface area contributed by atoms with Gasteiger partial charge in [-0.25, -0.2) is 9.37 Å². The highest BCUT2D eigenvalue weighted by molar-refractivity contribution is 9.10. The van der Waals surface area contributed by atoms with Crippen LogP contribution in [0.2, 0.25) is 0 Å². The third-order valence-corrected chi connectivity index (χ3v) is 2.56. The fourth-order valence-electron chi connectivity index (χ4n) is 1.31. The standard InChI is InChI=1S/C11H8BrFN4O/c12-6-3-7(5-15-4-6)17-11(18)8-1-2-16-10(14)9(8)13/h1-5H,(H2,14,16)(H,17,18). The molecule has 3 N–H and O–H groups in total. The molecule has 2 aromatic rings. The molecule has 2 heterocycles. The number of rotatable bonds is 2. The molecule has 18 heavy (non-hydrogen) atoms. The van der Waals surface area contributed by atoms with Crippen molar-refractivity contribution in [2.45, 2.75) is 0 Å². The third kappa shape index (κ3) is 2.62. The number of aromatic nitrogens is 2. The summed E-state index contributed by atoms with van der Waals surface area (Å²) in [6, 6.07) is 2.90. The molecular weight excluding hydrogens is 303 g/mol. The van der Waals surface area contributed by atoms with Crippen molar-refractivity contribution in [2.75, 3.05) is 11.1 Å². The van der Waals surface area contributed by atoms with Crippen LogP contribution in [-0.4, -0.2) is 15.9 Å². The van der Waals surface area contributed by atoms with Crippen LogP contribution in [0.3, 0.4) is 0 Å². The van der Waals surface area contributed by atoms with E-state index in [0.29, 0.717) is 10.2 Å². The lowest BCUT2D eigenvalue weighted by Gasteiger charge is -2.06. The Kier molecular flexibility index (Phi) is 3.52. The molecule has 0 radical (unpaired) electrons. The molecule has 7 heteroatoms. The first-order valence-corrected chi connectivity index (χ1v) is 5.69. The zero-order chi connectivity index (χ0) is 13.1. The summed E-state index contributed by atoms with van der Waals surface area (Å²) in [6.07, 6.45) is 4.29. The van der Waals surface area contributed by atoms with E-state index in [1.54, 1.807) is 12.3 Å². The molecule has 2 rings (SSSR count). The first kappa shape index (κ1) is 12.4. The molecule has 92 valence electrons. The van der Waals surface area contributed by atoms with Gasteiger partial charge in [0.25, 0.3) is 5.91 Å². The van der Waals surface area contributed by atoms with Gasteiger partial charge in [-0.15, -0.1) is 0 Å². The minimum Gasteiger partial charge on any atom is -0.381 e. The van der Waals surface area contributed by atoms with Gasteiger partial charge in [-0.1, -0.05) is 0 Å². The van der Waals surface area contributed by atoms with Crippen LogP contribution in [0.5, 0.6) is 0 Å². The van der Waals surface area contributed by atoms with Crippen LogP contribution in [0.25, 0.3) is 0 Å². The van der Waals surface area contributed by atoms with Gasteiger partial charge in [0.15, 0.2) is 11.6 Å². The highest BCUT2D eigenvalue weighted by Gasteiger charge is 2.14. The number of pyridine rings is 2. The predicted molar refractivity (Wildman–Crippen MR) is 68.5 cm³/mol. The Bertz CT molecular complexity index is 605. The summed E-state index contributed by atoms with van der Waals surface area (Å²) in [5, 5.41) is 2.51. The van der Waals surface area contributed by atoms with E-state index >= 15 is 0 Å². The maximum Gasteiger partial charge on any atom is 0.258 e. The minimum atomic E-state index is -0.835. The molecule has 0 aliphatic heterocycles. The zero-order valence-electron chi connectivity index (χ0n) is 9.02. The largest absolute Gasteiger partial charge is 0.381 e. The van der Waals surface area contributed by atoms with E-state index in [4.69, 9.17) is 5.73 Å². The molecule has 2 aromatic heterocycles. The third-order valence-electron chi connectivity index (χ3n) is 2.12. The Morgan fingerprint density at radius 1 is 1.44 bits per heavy atom. The number of nitrogen functional groups attached to an aromatic ring is 1. The van der Waals surface area contributed by atoms with E-state index in [1.807, 2.05) is 0 Å². The normalized spacial score (nSPS) is 10.1. The van der Waals surface area contributed by atoms with Gasteiger partial charge in [-0.2, -0.15) is 0 Å². The van der Waals surface area contributed by atoms with Gasteiger partial charge in [0.05, 0.1) is 17.4 Å². The molecule has 0 saturated carbocycles. The number of hydrogen-bond acceptors (Lipinski definition) is 4. The molecule has 0 fully saturated rings. The summed E-state index contributed by atoms with van der Waals surface area (Å²) in [5.41, 5.74) is 5.57. The van der Waals surface area contributed by atoms with Crippen molar-refractivity contribution < 1.29 is 9.18 Å². The molecule has 5 nitrogen and oxygen atoms in total. The summed E-state index contributed by atoms with van der Waals surface area (Å²) in [4.78, 5) is 19.2. The fraction of sp³-hybridized carbons (Fsp3) is 0. The maximum atomic E-state index is 13.6. The lowest BCUT2D eigenvalue weighted by Crippen LogP contribution is -2.15.